The van der Waals surface area contributed by atoms with E-state index in [1.807, 2.05) is 6.92 Å². The summed E-state index contributed by atoms with van der Waals surface area (Å²) in [7, 11) is 0. The summed E-state index contributed by atoms with van der Waals surface area (Å²) in [4.78, 5) is 15.6. The third kappa shape index (κ3) is 1.04. The molecule has 2 heteroatoms. The summed E-state index contributed by atoms with van der Waals surface area (Å²) in [5.41, 5.74) is 2.32. The van der Waals surface area contributed by atoms with Crippen LogP contribution in [0.3, 0.4) is 0 Å². The van der Waals surface area contributed by atoms with Gasteiger partial charge in [0.15, 0.2) is 5.78 Å². The minimum absolute atomic E-state index is 0.0142. The van der Waals surface area contributed by atoms with Crippen molar-refractivity contribution in [3.8, 4) is 0 Å². The number of hydrogen-bond donors (Lipinski definition) is 0. The molecule has 2 unspecified atom stereocenters. The Morgan fingerprint density at radius 1 is 1.67 bits per heavy atom. The largest absolute Gasteiger partial charge is 0.290 e. The molecular weight excluding hydrogens is 150 g/mol. The number of allylic oxidation sites excluding steroid dienone is 3. The molecule has 1 aliphatic carbocycles. The maximum Gasteiger partial charge on any atom is 0.181 e. The number of nitrogens with zero attached hydrogens (tertiary/aromatic N) is 1. The first-order valence-corrected chi connectivity index (χ1v) is 4.04. The van der Waals surface area contributed by atoms with Crippen molar-refractivity contribution in [3.05, 3.63) is 23.3 Å². The van der Waals surface area contributed by atoms with E-state index in [2.05, 4.69) is 4.99 Å². The fourth-order valence-corrected chi connectivity index (χ4v) is 1.45. The predicted molar refractivity (Wildman–Crippen MR) is 48.4 cm³/mol. The lowest BCUT2D eigenvalue weighted by atomic mass is 9.96. The van der Waals surface area contributed by atoms with Gasteiger partial charge in [0.05, 0.1) is 11.8 Å². The molecule has 0 saturated heterocycles. The van der Waals surface area contributed by atoms with Crippen LogP contribution in [0, 0.1) is 0 Å². The number of hydrogen-bond acceptors (Lipinski definition) is 2. The minimum atomic E-state index is -0.358. The Labute approximate surface area is 73.1 Å². The number of rotatable bonds is 0. The van der Waals surface area contributed by atoms with E-state index >= 15 is 0 Å². The van der Waals surface area contributed by atoms with E-state index in [0.29, 0.717) is 5.57 Å². The summed E-state index contributed by atoms with van der Waals surface area (Å²) in [5, 5.41) is 0. The topological polar surface area (TPSA) is 29.4 Å². The van der Waals surface area contributed by atoms with Crippen molar-refractivity contribution in [3.63, 3.8) is 0 Å². The van der Waals surface area contributed by atoms with Crippen LogP contribution in [0.25, 0.3) is 0 Å². The number of carbonyl (C=O) groups excluding carboxylic acids is 1. The van der Waals surface area contributed by atoms with E-state index in [1.54, 1.807) is 19.1 Å². The van der Waals surface area contributed by atoms with Gasteiger partial charge in [-0.05, 0) is 43.5 Å². The van der Waals surface area contributed by atoms with Gasteiger partial charge >= 0.3 is 0 Å². The molecule has 0 aromatic carbocycles. The monoisotopic (exact) mass is 163 g/mol. The Morgan fingerprint density at radius 3 is 3.17 bits per heavy atom. The third-order valence-electron chi connectivity index (χ3n) is 2.09. The van der Waals surface area contributed by atoms with Crippen molar-refractivity contribution in [1.82, 2.24) is 0 Å². The zero-order chi connectivity index (χ0) is 9.59. The second-order valence-corrected chi connectivity index (χ2v) is 3.21. The first-order chi connectivity index (χ1) is 6.09. The molecule has 1 heterocycles. The highest BCUT2D eigenvalue weighted by atomic mass is 16.1. The highest BCUT2D eigenvalue weighted by Crippen LogP contribution is 2.24. The molecule has 0 bridgehead atoms. The van der Waals surface area contributed by atoms with Crippen molar-refractivity contribution in [1.29, 1.82) is 0 Å². The zero-order valence-corrected chi connectivity index (χ0v) is 7.16. The van der Waals surface area contributed by atoms with Crippen molar-refractivity contribution in [2.75, 3.05) is 0 Å². The summed E-state index contributed by atoms with van der Waals surface area (Å²) < 4.78 is 7.75. The summed E-state index contributed by atoms with van der Waals surface area (Å²) in [6.07, 6.45) is 2.97. The molecule has 0 N–H and O–H groups in total. The summed E-state index contributed by atoms with van der Waals surface area (Å²) in [6.45, 7) is 3.68. The Bertz CT molecular complexity index is 365. The minimum Gasteiger partial charge on any atom is -0.290 e. The lowest BCUT2D eigenvalue weighted by molar-refractivity contribution is -0.111. The molecule has 0 fully saturated rings. The Morgan fingerprint density at radius 2 is 2.42 bits per heavy atom. The molecule has 2 rings (SSSR count). The van der Waals surface area contributed by atoms with E-state index < -0.39 is 0 Å². The molecule has 0 amide bonds. The second-order valence-electron chi connectivity index (χ2n) is 3.21. The number of ketones is 1. The highest BCUT2D eigenvalue weighted by Gasteiger charge is 2.22. The Balaban J connectivity index is 2.46. The van der Waals surface area contributed by atoms with Gasteiger partial charge in [-0.3, -0.25) is 9.79 Å². The van der Waals surface area contributed by atoms with Crippen LogP contribution in [-0.4, -0.2) is 17.5 Å². The summed E-state index contributed by atoms with van der Waals surface area (Å²) in [5.74, 6) is 0.0142. The molecule has 2 nitrogen and oxygen atoms in total. The van der Waals surface area contributed by atoms with Crippen molar-refractivity contribution < 1.29 is 6.17 Å². The fourth-order valence-electron chi connectivity index (χ4n) is 1.45. The Hall–Kier alpha value is -1.18. The number of aliphatic imine (C=N–C) groups is 1. The molecule has 2 aliphatic rings. The smallest absolute Gasteiger partial charge is 0.181 e. The average Bonchev–Trinajstić information content (AvgIpc) is 2.32. The molecular formula is C10H11NO. The highest BCUT2D eigenvalue weighted by molar-refractivity contribution is 6.22. The van der Waals surface area contributed by atoms with Gasteiger partial charge in [-0.2, -0.15) is 0 Å². The van der Waals surface area contributed by atoms with Gasteiger partial charge in [0.25, 0.3) is 0 Å². The lowest BCUT2D eigenvalue weighted by Crippen LogP contribution is -2.08. The standard InChI is InChI=1S/C10H11NO/c1-6-3-9-8(5-10(6)12)4-7(2)11-9/h3,5,7H,4H2,1-2H3/i4T. The number of carbonyl (C=O) groups is 1. The second kappa shape index (κ2) is 2.41. The van der Waals surface area contributed by atoms with Gasteiger partial charge in [0.2, 0.25) is 0 Å². The fraction of sp³-hybridized carbons (Fsp3) is 0.400. The molecule has 0 radical (unpaired) electrons. The lowest BCUT2D eigenvalue weighted by Gasteiger charge is -2.05. The van der Waals surface area contributed by atoms with E-state index in [-0.39, 0.29) is 18.2 Å². The van der Waals surface area contributed by atoms with E-state index in [4.69, 9.17) is 1.37 Å². The molecule has 0 spiro atoms. The van der Waals surface area contributed by atoms with Gasteiger partial charge in [-0.15, -0.1) is 0 Å². The summed E-state index contributed by atoms with van der Waals surface area (Å²) >= 11 is 0. The first kappa shape index (κ1) is 6.35. The molecule has 0 aromatic rings. The molecule has 1 aliphatic heterocycles. The average molecular weight is 163 g/mol. The summed E-state index contributed by atoms with van der Waals surface area (Å²) in [6, 6.07) is -0.0174. The maximum absolute atomic E-state index is 11.3. The zero-order valence-electron chi connectivity index (χ0n) is 8.16. The molecule has 0 saturated carbocycles. The molecule has 12 heavy (non-hydrogen) atoms. The van der Waals surface area contributed by atoms with Crippen LogP contribution in [-0.2, 0) is 4.79 Å². The molecule has 62 valence electrons. The van der Waals surface area contributed by atoms with Crippen LogP contribution < -0.4 is 0 Å². The van der Waals surface area contributed by atoms with Crippen molar-refractivity contribution in [2.45, 2.75) is 26.3 Å². The molecule has 0 aromatic heterocycles. The van der Waals surface area contributed by atoms with E-state index in [1.165, 1.54) is 0 Å². The van der Waals surface area contributed by atoms with Crippen LogP contribution in [0.5, 0.6) is 0 Å². The Kier molecular flexibility index (Phi) is 1.27. The predicted octanol–water partition coefficient (Wildman–Crippen LogP) is 1.68. The van der Waals surface area contributed by atoms with Gasteiger partial charge in [0.1, 0.15) is 0 Å². The quantitative estimate of drug-likeness (QED) is 0.499. The maximum atomic E-state index is 11.3. The van der Waals surface area contributed by atoms with Gasteiger partial charge in [0, 0.05) is 1.37 Å². The number of fused-ring (bicyclic) bond motifs is 1. The van der Waals surface area contributed by atoms with Crippen LogP contribution in [0.2, 0.25) is 0 Å². The van der Waals surface area contributed by atoms with Gasteiger partial charge in [-0.1, -0.05) is 0 Å². The van der Waals surface area contributed by atoms with Gasteiger partial charge in [-0.25, -0.2) is 0 Å². The van der Waals surface area contributed by atoms with Crippen LogP contribution in [0.15, 0.2) is 28.3 Å². The van der Waals surface area contributed by atoms with Crippen LogP contribution >= 0.6 is 0 Å². The third-order valence-corrected chi connectivity index (χ3v) is 2.09. The normalized spacial score (nSPS) is 35.0. The van der Waals surface area contributed by atoms with Gasteiger partial charge < -0.3 is 0 Å². The van der Waals surface area contributed by atoms with E-state index in [9.17, 15) is 4.79 Å². The van der Waals surface area contributed by atoms with Crippen LogP contribution in [0.4, 0.5) is 0 Å². The molecule has 2 atom stereocenters. The van der Waals surface area contributed by atoms with Crippen molar-refractivity contribution in [2.24, 2.45) is 4.99 Å². The van der Waals surface area contributed by atoms with E-state index in [0.717, 1.165) is 11.3 Å². The van der Waals surface area contributed by atoms with Crippen LogP contribution in [0.1, 0.15) is 21.6 Å². The SMILES string of the molecule is [3H]C1C2=CC(=O)C(C)=CC2=NC1C. The first-order valence-electron chi connectivity index (χ1n) is 4.62. The van der Waals surface area contributed by atoms with Crippen molar-refractivity contribution >= 4 is 11.5 Å².